The molecule has 0 amide bonds. The first kappa shape index (κ1) is 19.4. The number of halogens is 1. The third-order valence-electron chi connectivity index (χ3n) is 4.55. The average molecular weight is 374 g/mol. The van der Waals surface area contributed by atoms with Crippen LogP contribution in [0.5, 0.6) is 0 Å². The number of allylic oxidation sites excluding steroid dienone is 1. The number of nitrogen functional groups attached to an aromatic ring is 1. The number of hydrogen-bond acceptors (Lipinski definition) is 4. The lowest BCUT2D eigenvalue weighted by Crippen LogP contribution is -2.01. The molecule has 0 unspecified atom stereocenters. The minimum Gasteiger partial charge on any atom is -0.383 e. The summed E-state index contributed by atoms with van der Waals surface area (Å²) in [6.07, 6.45) is 4.69. The molecule has 0 fully saturated rings. The molecule has 0 aliphatic heterocycles. The van der Waals surface area contributed by atoms with Crippen LogP contribution < -0.4 is 5.73 Å². The SMILES string of the molecule is C=C(CCc1cccc(F)c1)c1cccc(CN=Cc2c(C)ncnc2N)c1. The summed E-state index contributed by atoms with van der Waals surface area (Å²) < 4.78 is 13.3. The first-order chi connectivity index (χ1) is 13.5. The van der Waals surface area contributed by atoms with Gasteiger partial charge in [0.1, 0.15) is 18.0 Å². The Balaban J connectivity index is 1.63. The van der Waals surface area contributed by atoms with Crippen molar-refractivity contribution in [3.05, 3.63) is 95.2 Å². The fourth-order valence-electron chi connectivity index (χ4n) is 2.93. The number of aromatic nitrogens is 2. The molecule has 2 N–H and O–H groups in total. The van der Waals surface area contributed by atoms with Gasteiger partial charge in [0.05, 0.1) is 17.8 Å². The number of anilines is 1. The smallest absolute Gasteiger partial charge is 0.135 e. The van der Waals surface area contributed by atoms with E-state index >= 15 is 0 Å². The molecule has 3 aromatic rings. The number of nitrogens with two attached hydrogens (primary N) is 1. The van der Waals surface area contributed by atoms with E-state index in [0.29, 0.717) is 12.4 Å². The Morgan fingerprint density at radius 3 is 2.71 bits per heavy atom. The van der Waals surface area contributed by atoms with Crippen molar-refractivity contribution >= 4 is 17.6 Å². The Morgan fingerprint density at radius 1 is 1.14 bits per heavy atom. The van der Waals surface area contributed by atoms with Crippen molar-refractivity contribution in [3.8, 4) is 0 Å². The molecule has 0 spiro atoms. The molecule has 0 atom stereocenters. The highest BCUT2D eigenvalue weighted by Gasteiger charge is 2.04. The third kappa shape index (κ3) is 5.10. The molecule has 0 radical (unpaired) electrons. The predicted molar refractivity (Wildman–Crippen MR) is 113 cm³/mol. The standard InChI is InChI=1S/C23H23FN4/c1-16(9-10-18-5-4-8-21(24)12-18)20-7-3-6-19(11-20)13-26-14-22-17(2)27-15-28-23(22)25/h3-8,11-12,14-15H,1,9-10,13H2,2H3,(H2,25,27,28). The second kappa shape index (κ2) is 9.04. The van der Waals surface area contributed by atoms with Gasteiger partial charge in [0.2, 0.25) is 0 Å². The maximum Gasteiger partial charge on any atom is 0.135 e. The number of rotatable bonds is 7. The molecule has 28 heavy (non-hydrogen) atoms. The Morgan fingerprint density at radius 2 is 1.93 bits per heavy atom. The zero-order valence-corrected chi connectivity index (χ0v) is 15.9. The lowest BCUT2D eigenvalue weighted by atomic mass is 9.98. The van der Waals surface area contributed by atoms with E-state index in [4.69, 9.17) is 5.73 Å². The second-order valence-corrected chi connectivity index (χ2v) is 6.66. The fourth-order valence-corrected chi connectivity index (χ4v) is 2.93. The number of aryl methyl sites for hydroxylation is 2. The van der Waals surface area contributed by atoms with Crippen molar-refractivity contribution in [2.24, 2.45) is 4.99 Å². The number of aliphatic imine (C=N–C) groups is 1. The van der Waals surface area contributed by atoms with Gasteiger partial charge in [-0.2, -0.15) is 0 Å². The van der Waals surface area contributed by atoms with Crippen molar-refractivity contribution < 1.29 is 4.39 Å². The van der Waals surface area contributed by atoms with E-state index in [-0.39, 0.29) is 5.82 Å². The van der Waals surface area contributed by atoms with Crippen molar-refractivity contribution in [2.45, 2.75) is 26.3 Å². The fraction of sp³-hybridized carbons (Fsp3) is 0.174. The molecule has 1 aromatic heterocycles. The van der Waals surface area contributed by atoms with Crippen molar-refractivity contribution in [1.82, 2.24) is 9.97 Å². The monoisotopic (exact) mass is 374 g/mol. The van der Waals surface area contributed by atoms with Gasteiger partial charge >= 0.3 is 0 Å². The van der Waals surface area contributed by atoms with Crippen molar-refractivity contribution in [3.63, 3.8) is 0 Å². The molecule has 2 aromatic carbocycles. The van der Waals surface area contributed by atoms with Gasteiger partial charge in [0, 0.05) is 6.21 Å². The van der Waals surface area contributed by atoms with Gasteiger partial charge in [0.25, 0.3) is 0 Å². The zero-order chi connectivity index (χ0) is 19.9. The maximum atomic E-state index is 13.3. The van der Waals surface area contributed by atoms with Crippen LogP contribution in [-0.2, 0) is 13.0 Å². The first-order valence-electron chi connectivity index (χ1n) is 9.11. The first-order valence-corrected chi connectivity index (χ1v) is 9.11. The average Bonchev–Trinajstić information content (AvgIpc) is 2.69. The summed E-state index contributed by atoms with van der Waals surface area (Å²) in [5.41, 5.74) is 11.6. The molecule has 0 saturated heterocycles. The largest absolute Gasteiger partial charge is 0.383 e. The van der Waals surface area contributed by atoms with Crippen LogP contribution >= 0.6 is 0 Å². The number of hydrogen-bond donors (Lipinski definition) is 1. The Kier molecular flexibility index (Phi) is 6.27. The van der Waals surface area contributed by atoms with E-state index in [1.54, 1.807) is 18.3 Å². The lowest BCUT2D eigenvalue weighted by Gasteiger charge is -2.08. The Bertz CT molecular complexity index is 991. The van der Waals surface area contributed by atoms with Crippen LogP contribution in [0.4, 0.5) is 10.2 Å². The quantitative estimate of drug-likeness (QED) is 0.606. The van der Waals surface area contributed by atoms with Crippen LogP contribution in [0.2, 0.25) is 0 Å². The molecule has 0 bridgehead atoms. The van der Waals surface area contributed by atoms with Crippen LogP contribution in [0.25, 0.3) is 5.57 Å². The molecule has 0 aliphatic rings. The summed E-state index contributed by atoms with van der Waals surface area (Å²) in [6, 6.07) is 14.8. The number of benzene rings is 2. The lowest BCUT2D eigenvalue weighted by molar-refractivity contribution is 0.625. The summed E-state index contributed by atoms with van der Waals surface area (Å²) in [5.74, 6) is 0.221. The third-order valence-corrected chi connectivity index (χ3v) is 4.55. The van der Waals surface area contributed by atoms with Crippen LogP contribution in [0.3, 0.4) is 0 Å². The summed E-state index contributed by atoms with van der Waals surface area (Å²) in [7, 11) is 0. The minimum atomic E-state index is -0.206. The summed E-state index contributed by atoms with van der Waals surface area (Å²) in [4.78, 5) is 12.6. The van der Waals surface area contributed by atoms with Crippen LogP contribution in [0.15, 0.2) is 66.4 Å². The molecule has 4 nitrogen and oxygen atoms in total. The van der Waals surface area contributed by atoms with E-state index in [1.807, 2.05) is 31.2 Å². The maximum absolute atomic E-state index is 13.3. The normalized spacial score (nSPS) is 11.1. The van der Waals surface area contributed by atoms with Gasteiger partial charge in [0.15, 0.2) is 0 Å². The molecule has 0 aliphatic carbocycles. The van der Waals surface area contributed by atoms with Crippen molar-refractivity contribution in [2.75, 3.05) is 5.73 Å². The van der Waals surface area contributed by atoms with Crippen LogP contribution in [-0.4, -0.2) is 16.2 Å². The van der Waals surface area contributed by atoms with E-state index in [1.165, 1.54) is 12.4 Å². The minimum absolute atomic E-state index is 0.206. The van der Waals surface area contributed by atoms with Crippen LogP contribution in [0.1, 0.15) is 34.4 Å². The molecule has 1 heterocycles. The van der Waals surface area contributed by atoms with E-state index in [0.717, 1.165) is 46.4 Å². The molecular weight excluding hydrogens is 351 g/mol. The van der Waals surface area contributed by atoms with E-state index in [9.17, 15) is 4.39 Å². The zero-order valence-electron chi connectivity index (χ0n) is 15.9. The molecule has 3 rings (SSSR count). The van der Waals surface area contributed by atoms with E-state index < -0.39 is 0 Å². The van der Waals surface area contributed by atoms with E-state index in [2.05, 4.69) is 27.6 Å². The summed E-state index contributed by atoms with van der Waals surface area (Å²) in [6.45, 7) is 6.59. The summed E-state index contributed by atoms with van der Waals surface area (Å²) in [5, 5.41) is 0. The van der Waals surface area contributed by atoms with Gasteiger partial charge in [-0.3, -0.25) is 4.99 Å². The highest BCUT2D eigenvalue weighted by atomic mass is 19.1. The topological polar surface area (TPSA) is 64.2 Å². The van der Waals surface area contributed by atoms with Gasteiger partial charge < -0.3 is 5.73 Å². The Hall–Kier alpha value is -3.34. The van der Waals surface area contributed by atoms with Gasteiger partial charge in [-0.15, -0.1) is 0 Å². The van der Waals surface area contributed by atoms with Gasteiger partial charge in [-0.25, -0.2) is 14.4 Å². The molecular formula is C23H23FN4. The van der Waals surface area contributed by atoms with Crippen molar-refractivity contribution in [1.29, 1.82) is 0 Å². The summed E-state index contributed by atoms with van der Waals surface area (Å²) >= 11 is 0. The predicted octanol–water partition coefficient (Wildman–Crippen LogP) is 4.77. The highest BCUT2D eigenvalue weighted by molar-refractivity contribution is 5.86. The highest BCUT2D eigenvalue weighted by Crippen LogP contribution is 2.20. The molecule has 5 heteroatoms. The number of nitrogens with zero attached hydrogens (tertiary/aromatic N) is 3. The van der Waals surface area contributed by atoms with Gasteiger partial charge in [-0.05, 0) is 60.2 Å². The molecule has 142 valence electrons. The second-order valence-electron chi connectivity index (χ2n) is 6.66. The van der Waals surface area contributed by atoms with Gasteiger partial charge in [-0.1, -0.05) is 36.9 Å². The van der Waals surface area contributed by atoms with Crippen LogP contribution in [0, 0.1) is 12.7 Å². The molecule has 0 saturated carbocycles. The Labute approximate surface area is 164 Å².